The Morgan fingerprint density at radius 2 is 1.97 bits per heavy atom. The lowest BCUT2D eigenvalue weighted by Crippen LogP contribution is -2.38. The first-order valence-electron chi connectivity index (χ1n) is 11.8. The first-order valence-corrected chi connectivity index (χ1v) is 11.8. The van der Waals surface area contributed by atoms with Gasteiger partial charge >= 0.3 is 6.18 Å². The van der Waals surface area contributed by atoms with E-state index >= 15 is 0 Å². The van der Waals surface area contributed by atoms with Crippen LogP contribution in [-0.2, 0) is 17.5 Å². The zero-order valence-corrected chi connectivity index (χ0v) is 19.8. The number of amides is 1. The van der Waals surface area contributed by atoms with Crippen molar-refractivity contribution in [2.45, 2.75) is 38.0 Å². The van der Waals surface area contributed by atoms with Crippen LogP contribution in [0.5, 0.6) is 0 Å². The number of H-pyrrole nitrogens is 1. The number of fused-ring (bicyclic) bond motifs is 1. The van der Waals surface area contributed by atoms with E-state index in [1.807, 2.05) is 21.6 Å². The van der Waals surface area contributed by atoms with Crippen LogP contribution in [-0.4, -0.2) is 50.8 Å². The Morgan fingerprint density at radius 1 is 1.17 bits per heavy atom. The number of nitrogens with one attached hydrogen (secondary N) is 1. The summed E-state index contributed by atoms with van der Waals surface area (Å²) in [6.07, 6.45) is 1.49. The minimum atomic E-state index is -4.40. The standard InChI is InChI=1S/C26H26F3N5O2/c1-36-13-12-33-16-30-21-14-18(7-10-22(21)33)25(35)34-11-3-2-4-23(34)24-20(15-31-32-24)17-5-8-19(9-6-17)26(27,28)29/h5-10,14-16,23H,2-4,11-13H2,1H3,(H,31,32)/t23-/m1/s1. The molecule has 36 heavy (non-hydrogen) atoms. The van der Waals surface area contributed by atoms with Crippen molar-refractivity contribution in [3.8, 4) is 11.1 Å². The highest BCUT2D eigenvalue weighted by atomic mass is 19.4. The lowest BCUT2D eigenvalue weighted by Gasteiger charge is -2.35. The number of piperidine rings is 1. The second kappa shape index (κ2) is 9.77. The number of carbonyl (C=O) groups excluding carboxylic acids is 1. The average Bonchev–Trinajstić information content (AvgIpc) is 3.53. The maximum atomic E-state index is 13.6. The van der Waals surface area contributed by atoms with Crippen LogP contribution in [0.25, 0.3) is 22.2 Å². The number of ether oxygens (including phenoxy) is 1. The Labute approximate surface area is 205 Å². The van der Waals surface area contributed by atoms with Gasteiger partial charge in [-0.15, -0.1) is 0 Å². The van der Waals surface area contributed by atoms with Gasteiger partial charge in [0, 0.05) is 31.3 Å². The fourth-order valence-corrected chi connectivity index (χ4v) is 4.82. The summed E-state index contributed by atoms with van der Waals surface area (Å²) in [4.78, 5) is 19.9. The van der Waals surface area contributed by atoms with Crippen LogP contribution >= 0.6 is 0 Å². The molecule has 4 aromatic rings. The van der Waals surface area contributed by atoms with Crippen molar-refractivity contribution in [2.24, 2.45) is 0 Å². The van der Waals surface area contributed by atoms with Gasteiger partial charge in [0.05, 0.1) is 47.5 Å². The number of hydrogen-bond acceptors (Lipinski definition) is 4. The summed E-state index contributed by atoms with van der Waals surface area (Å²) in [6, 6.07) is 10.3. The first-order chi connectivity index (χ1) is 17.4. The second-order valence-electron chi connectivity index (χ2n) is 8.92. The fourth-order valence-electron chi connectivity index (χ4n) is 4.82. The number of imidazole rings is 1. The molecule has 0 unspecified atom stereocenters. The van der Waals surface area contributed by atoms with Gasteiger partial charge < -0.3 is 14.2 Å². The molecule has 1 saturated heterocycles. The van der Waals surface area contributed by atoms with Crippen LogP contribution in [0.1, 0.15) is 46.9 Å². The number of alkyl halides is 3. The number of nitrogens with zero attached hydrogens (tertiary/aromatic N) is 4. The van der Waals surface area contributed by atoms with E-state index in [4.69, 9.17) is 4.74 Å². The van der Waals surface area contributed by atoms with Crippen molar-refractivity contribution in [2.75, 3.05) is 20.3 Å². The molecule has 1 aliphatic heterocycles. The third-order valence-corrected chi connectivity index (χ3v) is 6.69. The van der Waals surface area contributed by atoms with Crippen LogP contribution in [0.15, 0.2) is 55.0 Å². The summed E-state index contributed by atoms with van der Waals surface area (Å²) in [6.45, 7) is 1.81. The van der Waals surface area contributed by atoms with E-state index in [1.165, 1.54) is 12.1 Å². The summed E-state index contributed by atoms with van der Waals surface area (Å²) in [5, 5.41) is 7.19. The first kappa shape index (κ1) is 24.1. The molecule has 0 saturated carbocycles. The maximum Gasteiger partial charge on any atom is 0.416 e. The van der Waals surface area contributed by atoms with Crippen molar-refractivity contribution < 1.29 is 22.7 Å². The summed E-state index contributed by atoms with van der Waals surface area (Å²) in [5.74, 6) is -0.110. The molecule has 2 aromatic carbocycles. The van der Waals surface area contributed by atoms with Gasteiger partial charge in [-0.05, 0) is 55.2 Å². The molecule has 2 aromatic heterocycles. The zero-order chi connectivity index (χ0) is 25.3. The lowest BCUT2D eigenvalue weighted by atomic mass is 9.93. The Balaban J connectivity index is 1.43. The summed E-state index contributed by atoms with van der Waals surface area (Å²) < 4.78 is 46.2. The third-order valence-electron chi connectivity index (χ3n) is 6.69. The molecule has 0 bridgehead atoms. The van der Waals surface area contributed by atoms with Crippen LogP contribution in [0.2, 0.25) is 0 Å². The molecule has 5 rings (SSSR count). The molecule has 0 radical (unpaired) electrons. The van der Waals surface area contributed by atoms with Crippen molar-refractivity contribution in [3.63, 3.8) is 0 Å². The molecule has 1 amide bonds. The van der Waals surface area contributed by atoms with E-state index in [9.17, 15) is 18.0 Å². The second-order valence-corrected chi connectivity index (χ2v) is 8.92. The highest BCUT2D eigenvalue weighted by Gasteiger charge is 2.33. The van der Waals surface area contributed by atoms with Gasteiger partial charge in [0.1, 0.15) is 0 Å². The van der Waals surface area contributed by atoms with Gasteiger partial charge in [0.2, 0.25) is 0 Å². The SMILES string of the molecule is COCCn1cnc2cc(C(=O)N3CCCC[C@@H]3c3[nH]ncc3-c3ccc(C(F)(F)F)cc3)ccc21. The minimum Gasteiger partial charge on any atom is -0.383 e. The van der Waals surface area contributed by atoms with Crippen molar-refractivity contribution in [3.05, 3.63) is 71.8 Å². The van der Waals surface area contributed by atoms with E-state index in [-0.39, 0.29) is 11.9 Å². The Hall–Kier alpha value is -3.66. The van der Waals surface area contributed by atoms with Crippen molar-refractivity contribution in [1.82, 2.24) is 24.6 Å². The lowest BCUT2D eigenvalue weighted by molar-refractivity contribution is -0.137. The van der Waals surface area contributed by atoms with Crippen LogP contribution in [0.4, 0.5) is 13.2 Å². The van der Waals surface area contributed by atoms with Gasteiger partial charge in [-0.3, -0.25) is 9.89 Å². The highest BCUT2D eigenvalue weighted by Crippen LogP contribution is 2.38. The molecule has 10 heteroatoms. The van der Waals surface area contributed by atoms with Crippen LogP contribution < -0.4 is 0 Å². The topological polar surface area (TPSA) is 76.0 Å². The number of likely N-dealkylation sites (tertiary alicyclic amines) is 1. The Kier molecular flexibility index (Phi) is 6.53. The number of halogens is 3. The van der Waals surface area contributed by atoms with Gasteiger partial charge in [-0.2, -0.15) is 18.3 Å². The number of rotatable bonds is 6. The van der Waals surface area contributed by atoms with E-state index in [0.29, 0.717) is 36.4 Å². The van der Waals surface area contributed by atoms with Crippen molar-refractivity contribution in [1.29, 1.82) is 0 Å². The number of aromatic amines is 1. The molecule has 3 heterocycles. The van der Waals surface area contributed by atoms with Gasteiger partial charge in [0.25, 0.3) is 5.91 Å². The number of carbonyl (C=O) groups is 1. The molecule has 1 aliphatic rings. The largest absolute Gasteiger partial charge is 0.416 e. The summed E-state index contributed by atoms with van der Waals surface area (Å²) in [7, 11) is 1.65. The predicted octanol–water partition coefficient (Wildman–Crippen LogP) is 5.46. The number of benzene rings is 2. The van der Waals surface area contributed by atoms with E-state index in [0.717, 1.165) is 48.1 Å². The molecule has 1 fully saturated rings. The average molecular weight is 498 g/mol. The smallest absolute Gasteiger partial charge is 0.383 e. The Bertz CT molecular complexity index is 1360. The fraction of sp³-hybridized carbons (Fsp3) is 0.346. The van der Waals surface area contributed by atoms with E-state index in [1.54, 1.807) is 25.7 Å². The third kappa shape index (κ3) is 4.60. The van der Waals surface area contributed by atoms with Gasteiger partial charge in [-0.1, -0.05) is 12.1 Å². The molecule has 0 aliphatic carbocycles. The molecular formula is C26H26F3N5O2. The van der Waals surface area contributed by atoms with Crippen LogP contribution in [0, 0.1) is 0 Å². The predicted molar refractivity (Wildman–Crippen MR) is 128 cm³/mol. The quantitative estimate of drug-likeness (QED) is 0.384. The minimum absolute atomic E-state index is 0.110. The maximum absolute atomic E-state index is 13.6. The molecule has 0 spiro atoms. The summed E-state index contributed by atoms with van der Waals surface area (Å²) >= 11 is 0. The van der Waals surface area contributed by atoms with E-state index < -0.39 is 11.7 Å². The number of aromatic nitrogens is 4. The summed E-state index contributed by atoms with van der Waals surface area (Å²) in [5.41, 5.74) is 3.54. The van der Waals surface area contributed by atoms with Gasteiger partial charge in [-0.25, -0.2) is 4.98 Å². The molecule has 1 N–H and O–H groups in total. The van der Waals surface area contributed by atoms with E-state index in [2.05, 4.69) is 15.2 Å². The monoisotopic (exact) mass is 497 g/mol. The normalized spacial score (nSPS) is 16.6. The zero-order valence-electron chi connectivity index (χ0n) is 19.8. The molecule has 1 atom stereocenters. The molecule has 7 nitrogen and oxygen atoms in total. The van der Waals surface area contributed by atoms with Crippen LogP contribution in [0.3, 0.4) is 0 Å². The number of methoxy groups -OCH3 is 1. The Morgan fingerprint density at radius 3 is 2.72 bits per heavy atom. The number of hydrogen-bond donors (Lipinski definition) is 1. The molecule has 188 valence electrons. The highest BCUT2D eigenvalue weighted by molar-refractivity contribution is 5.97. The van der Waals surface area contributed by atoms with Crippen molar-refractivity contribution >= 4 is 16.9 Å². The van der Waals surface area contributed by atoms with Gasteiger partial charge in [0.15, 0.2) is 0 Å². The molecular weight excluding hydrogens is 471 g/mol.